The van der Waals surface area contributed by atoms with Crippen molar-refractivity contribution in [1.29, 1.82) is 0 Å². The van der Waals surface area contributed by atoms with Crippen molar-refractivity contribution in [2.75, 3.05) is 19.5 Å². The van der Waals surface area contributed by atoms with E-state index in [2.05, 4.69) is 10.4 Å². The zero-order chi connectivity index (χ0) is 19.0. The highest BCUT2D eigenvalue weighted by molar-refractivity contribution is 5.94. The van der Waals surface area contributed by atoms with E-state index in [0.717, 1.165) is 31.2 Å². The predicted octanol–water partition coefficient (Wildman–Crippen LogP) is 3.17. The average Bonchev–Trinajstić information content (AvgIpc) is 3.03. The van der Waals surface area contributed by atoms with Crippen LogP contribution in [0.1, 0.15) is 61.6 Å². The number of nitrogens with one attached hydrogen (secondary N) is 2. The molecule has 1 amide bonds. The molecule has 1 aromatic carbocycles. The molecule has 2 N–H and O–H groups in total. The second-order valence-corrected chi connectivity index (χ2v) is 7.28. The van der Waals surface area contributed by atoms with Crippen LogP contribution in [-0.4, -0.2) is 29.9 Å². The van der Waals surface area contributed by atoms with E-state index in [0.29, 0.717) is 22.9 Å². The van der Waals surface area contributed by atoms with Gasteiger partial charge < -0.3 is 14.8 Å². The van der Waals surface area contributed by atoms with Gasteiger partial charge in [-0.3, -0.25) is 19.4 Å². The minimum absolute atomic E-state index is 0.0779. The third-order valence-corrected chi connectivity index (χ3v) is 5.71. The molecule has 1 aromatic heterocycles. The second-order valence-electron chi connectivity index (χ2n) is 7.28. The Kier molecular flexibility index (Phi) is 4.68. The Morgan fingerprint density at radius 2 is 1.78 bits per heavy atom. The van der Waals surface area contributed by atoms with Gasteiger partial charge >= 0.3 is 0 Å². The minimum Gasteiger partial charge on any atom is -0.493 e. The van der Waals surface area contributed by atoms with Crippen molar-refractivity contribution in [2.24, 2.45) is 0 Å². The first-order valence-electron chi connectivity index (χ1n) is 9.48. The molecule has 0 unspecified atom stereocenters. The largest absolute Gasteiger partial charge is 0.493 e. The molecule has 0 spiro atoms. The molecular formula is C20H25N3O4. The average molecular weight is 371 g/mol. The van der Waals surface area contributed by atoms with Crippen molar-refractivity contribution in [1.82, 2.24) is 9.78 Å². The lowest BCUT2D eigenvalue weighted by Crippen LogP contribution is -2.27. The molecule has 144 valence electrons. The van der Waals surface area contributed by atoms with E-state index in [9.17, 15) is 9.59 Å². The van der Waals surface area contributed by atoms with E-state index >= 15 is 0 Å². The quantitative estimate of drug-likeness (QED) is 0.864. The number of amides is 1. The standard InChI is InChI=1S/C20H25N3O4/c1-26-15-9-8-12(10-16(15)27-2)14-11-17(24)21-19-18(14)20(25)22-23(19)13-6-4-3-5-7-13/h8-10,13-14H,3-7,11H2,1-2H3,(H,21,24)(H,22,25)/t14-/m1/s1. The first-order chi connectivity index (χ1) is 13.1. The zero-order valence-electron chi connectivity index (χ0n) is 15.7. The highest BCUT2D eigenvalue weighted by Crippen LogP contribution is 2.40. The van der Waals surface area contributed by atoms with Crippen LogP contribution in [0, 0.1) is 0 Å². The summed E-state index contributed by atoms with van der Waals surface area (Å²) < 4.78 is 12.6. The first kappa shape index (κ1) is 17.7. The molecular weight excluding hydrogens is 346 g/mol. The number of hydrogen-bond donors (Lipinski definition) is 2. The van der Waals surface area contributed by atoms with Gasteiger partial charge in [-0.15, -0.1) is 0 Å². The lowest BCUT2D eigenvalue weighted by atomic mass is 9.86. The van der Waals surface area contributed by atoms with Crippen LogP contribution in [0.25, 0.3) is 0 Å². The molecule has 0 saturated heterocycles. The normalized spacial score (nSPS) is 20.1. The van der Waals surface area contributed by atoms with Crippen LogP contribution in [0.5, 0.6) is 11.5 Å². The summed E-state index contributed by atoms with van der Waals surface area (Å²) in [7, 11) is 3.16. The van der Waals surface area contributed by atoms with Crippen LogP contribution in [-0.2, 0) is 4.79 Å². The van der Waals surface area contributed by atoms with Crippen LogP contribution in [0.4, 0.5) is 5.82 Å². The fourth-order valence-electron chi connectivity index (χ4n) is 4.35. The fourth-order valence-corrected chi connectivity index (χ4v) is 4.35. The molecule has 1 aliphatic carbocycles. The van der Waals surface area contributed by atoms with E-state index < -0.39 is 0 Å². The summed E-state index contributed by atoms with van der Waals surface area (Å²) in [5, 5.41) is 5.92. The maximum atomic E-state index is 12.8. The highest BCUT2D eigenvalue weighted by Gasteiger charge is 2.34. The van der Waals surface area contributed by atoms with Gasteiger partial charge in [-0.2, -0.15) is 0 Å². The number of aromatic nitrogens is 2. The van der Waals surface area contributed by atoms with Gasteiger partial charge in [0.1, 0.15) is 5.82 Å². The topological polar surface area (TPSA) is 85.4 Å². The number of anilines is 1. The van der Waals surface area contributed by atoms with Gasteiger partial charge in [0.05, 0.1) is 25.8 Å². The van der Waals surface area contributed by atoms with Crippen molar-refractivity contribution in [3.05, 3.63) is 39.7 Å². The number of fused-ring (bicyclic) bond motifs is 1. The van der Waals surface area contributed by atoms with E-state index in [4.69, 9.17) is 9.47 Å². The summed E-state index contributed by atoms with van der Waals surface area (Å²) in [4.78, 5) is 25.2. The van der Waals surface area contributed by atoms with E-state index in [1.54, 1.807) is 14.2 Å². The molecule has 0 bridgehead atoms. The SMILES string of the molecule is COc1ccc([C@H]2CC(=O)Nc3c2c(=O)[nH]n3C2CCCCC2)cc1OC. The summed E-state index contributed by atoms with van der Waals surface area (Å²) in [6.07, 6.45) is 5.80. The number of nitrogens with zero attached hydrogens (tertiary/aromatic N) is 1. The molecule has 1 atom stereocenters. The third-order valence-electron chi connectivity index (χ3n) is 5.71. The summed E-state index contributed by atoms with van der Waals surface area (Å²) in [6, 6.07) is 5.79. The lowest BCUT2D eigenvalue weighted by molar-refractivity contribution is -0.116. The van der Waals surface area contributed by atoms with Crippen molar-refractivity contribution in [2.45, 2.75) is 50.5 Å². The van der Waals surface area contributed by atoms with Crippen molar-refractivity contribution >= 4 is 11.7 Å². The molecule has 27 heavy (non-hydrogen) atoms. The fraction of sp³-hybridized carbons (Fsp3) is 0.500. The second kappa shape index (κ2) is 7.13. The van der Waals surface area contributed by atoms with Gasteiger partial charge in [-0.25, -0.2) is 0 Å². The number of hydrogen-bond acceptors (Lipinski definition) is 4. The molecule has 2 heterocycles. The number of aromatic amines is 1. The van der Waals surface area contributed by atoms with Crippen LogP contribution < -0.4 is 20.3 Å². The first-order valence-corrected chi connectivity index (χ1v) is 9.48. The van der Waals surface area contributed by atoms with Crippen molar-refractivity contribution in [3.63, 3.8) is 0 Å². The minimum atomic E-state index is -0.304. The van der Waals surface area contributed by atoms with Gasteiger partial charge in [0.25, 0.3) is 5.56 Å². The molecule has 2 aliphatic rings. The number of methoxy groups -OCH3 is 2. The van der Waals surface area contributed by atoms with E-state index in [1.807, 2.05) is 22.9 Å². The molecule has 0 radical (unpaired) electrons. The summed E-state index contributed by atoms with van der Waals surface area (Å²) in [5.41, 5.74) is 1.37. The van der Waals surface area contributed by atoms with Crippen LogP contribution in [0.15, 0.2) is 23.0 Å². The number of benzene rings is 1. The Labute approximate surface area is 157 Å². The summed E-state index contributed by atoms with van der Waals surface area (Å²) >= 11 is 0. The molecule has 1 aliphatic heterocycles. The van der Waals surface area contributed by atoms with E-state index in [-0.39, 0.29) is 29.8 Å². The summed E-state index contributed by atoms with van der Waals surface area (Å²) in [5.74, 6) is 1.46. The van der Waals surface area contributed by atoms with Crippen LogP contribution in [0.3, 0.4) is 0 Å². The molecule has 1 fully saturated rings. The molecule has 1 saturated carbocycles. The van der Waals surface area contributed by atoms with Crippen molar-refractivity contribution < 1.29 is 14.3 Å². The van der Waals surface area contributed by atoms with E-state index in [1.165, 1.54) is 6.42 Å². The Hall–Kier alpha value is -2.70. The zero-order valence-corrected chi connectivity index (χ0v) is 15.7. The van der Waals surface area contributed by atoms with Gasteiger partial charge in [-0.1, -0.05) is 25.3 Å². The van der Waals surface area contributed by atoms with Gasteiger partial charge in [0.15, 0.2) is 11.5 Å². The number of carbonyl (C=O) groups is 1. The molecule has 7 heteroatoms. The maximum Gasteiger partial charge on any atom is 0.270 e. The number of ether oxygens (including phenoxy) is 2. The Balaban J connectivity index is 1.78. The van der Waals surface area contributed by atoms with Crippen molar-refractivity contribution in [3.8, 4) is 11.5 Å². The Morgan fingerprint density at radius 1 is 1.04 bits per heavy atom. The van der Waals surface area contributed by atoms with Gasteiger partial charge in [0, 0.05) is 12.3 Å². The maximum absolute atomic E-state index is 12.8. The Morgan fingerprint density at radius 3 is 2.48 bits per heavy atom. The number of carbonyl (C=O) groups excluding carboxylic acids is 1. The number of rotatable bonds is 4. The predicted molar refractivity (Wildman–Crippen MR) is 102 cm³/mol. The summed E-state index contributed by atoms with van der Waals surface area (Å²) in [6.45, 7) is 0. The van der Waals surface area contributed by atoms with Crippen LogP contribution >= 0.6 is 0 Å². The Bertz CT molecular complexity index is 908. The van der Waals surface area contributed by atoms with Gasteiger partial charge in [0.2, 0.25) is 5.91 Å². The highest BCUT2D eigenvalue weighted by atomic mass is 16.5. The molecule has 7 nitrogen and oxygen atoms in total. The van der Waals surface area contributed by atoms with Gasteiger partial charge in [-0.05, 0) is 30.5 Å². The number of H-pyrrole nitrogens is 1. The lowest BCUT2D eigenvalue weighted by Gasteiger charge is -2.28. The monoisotopic (exact) mass is 371 g/mol. The smallest absolute Gasteiger partial charge is 0.270 e. The third kappa shape index (κ3) is 3.11. The molecule has 2 aromatic rings. The molecule has 4 rings (SSSR count). The van der Waals surface area contributed by atoms with Crippen LogP contribution in [0.2, 0.25) is 0 Å².